The van der Waals surface area contributed by atoms with Crippen molar-refractivity contribution in [3.8, 4) is 0 Å². The molecule has 2 unspecified atom stereocenters. The van der Waals surface area contributed by atoms with Crippen LogP contribution in [-0.2, 0) is 0 Å². The minimum absolute atomic E-state index is 0.312. The zero-order chi connectivity index (χ0) is 12.4. The average molecular weight is 253 g/mol. The molecule has 2 nitrogen and oxygen atoms in total. The van der Waals surface area contributed by atoms with E-state index in [0.29, 0.717) is 18.1 Å². The summed E-state index contributed by atoms with van der Waals surface area (Å²) in [4.78, 5) is 2.40. The van der Waals surface area contributed by atoms with E-state index >= 15 is 0 Å². The van der Waals surface area contributed by atoms with E-state index in [0.717, 1.165) is 11.6 Å². The van der Waals surface area contributed by atoms with E-state index in [1.807, 2.05) is 18.2 Å². The van der Waals surface area contributed by atoms with Crippen LogP contribution in [0, 0.1) is 0 Å². The first-order valence-corrected chi connectivity index (χ1v) is 6.66. The Kier molecular flexibility index (Phi) is 4.08. The van der Waals surface area contributed by atoms with Gasteiger partial charge in [-0.1, -0.05) is 29.8 Å². The molecule has 94 valence electrons. The largest absolute Gasteiger partial charge is 0.306 e. The zero-order valence-electron chi connectivity index (χ0n) is 10.8. The maximum Gasteiger partial charge on any atom is 0.0453 e. The van der Waals surface area contributed by atoms with Gasteiger partial charge in [-0.2, -0.15) is 0 Å². The van der Waals surface area contributed by atoms with E-state index in [4.69, 9.17) is 11.6 Å². The van der Waals surface area contributed by atoms with Crippen LogP contribution in [0.1, 0.15) is 31.9 Å². The maximum atomic E-state index is 6.21. The van der Waals surface area contributed by atoms with Gasteiger partial charge >= 0.3 is 0 Å². The standard InChI is InChI=1S/C14H21ClN2/c1-10-8-12(9-17(10)3)16-11(2)13-6-4-5-7-14(13)15/h4-7,10-12,16H,8-9H2,1-3H3/t10?,11-,12?/m0/s1. The summed E-state index contributed by atoms with van der Waals surface area (Å²) in [6.45, 7) is 5.59. The van der Waals surface area contributed by atoms with Gasteiger partial charge in [-0.3, -0.25) is 0 Å². The molecule has 1 aromatic rings. The van der Waals surface area contributed by atoms with E-state index in [1.165, 1.54) is 12.0 Å². The molecule has 0 aromatic heterocycles. The second-order valence-corrected chi connectivity index (χ2v) is 5.54. The van der Waals surface area contributed by atoms with Gasteiger partial charge < -0.3 is 10.2 Å². The lowest BCUT2D eigenvalue weighted by atomic mass is 10.1. The molecule has 1 aromatic carbocycles. The number of hydrogen-bond donors (Lipinski definition) is 1. The monoisotopic (exact) mass is 252 g/mol. The average Bonchev–Trinajstić information content (AvgIpc) is 2.58. The fourth-order valence-electron chi connectivity index (χ4n) is 2.58. The molecular formula is C14H21ClN2. The first kappa shape index (κ1) is 12.9. The molecule has 1 fully saturated rings. The summed E-state index contributed by atoms with van der Waals surface area (Å²) in [7, 11) is 2.19. The maximum absolute atomic E-state index is 6.21. The van der Waals surface area contributed by atoms with Gasteiger partial charge in [-0.05, 0) is 38.9 Å². The van der Waals surface area contributed by atoms with Crippen LogP contribution in [0.4, 0.5) is 0 Å². The van der Waals surface area contributed by atoms with Gasteiger partial charge in [0.15, 0.2) is 0 Å². The molecule has 17 heavy (non-hydrogen) atoms. The Hall–Kier alpha value is -0.570. The number of nitrogens with one attached hydrogen (secondary N) is 1. The summed E-state index contributed by atoms with van der Waals surface area (Å²) in [6.07, 6.45) is 1.21. The zero-order valence-corrected chi connectivity index (χ0v) is 11.5. The van der Waals surface area contributed by atoms with Gasteiger partial charge in [0, 0.05) is 29.7 Å². The highest BCUT2D eigenvalue weighted by Gasteiger charge is 2.27. The summed E-state index contributed by atoms with van der Waals surface area (Å²) >= 11 is 6.21. The molecular weight excluding hydrogens is 232 g/mol. The highest BCUT2D eigenvalue weighted by Crippen LogP contribution is 2.24. The topological polar surface area (TPSA) is 15.3 Å². The number of likely N-dealkylation sites (tertiary alicyclic amines) is 1. The molecule has 0 spiro atoms. The van der Waals surface area contributed by atoms with Crippen LogP contribution in [-0.4, -0.2) is 30.6 Å². The van der Waals surface area contributed by atoms with E-state index in [2.05, 4.69) is 37.2 Å². The number of halogens is 1. The van der Waals surface area contributed by atoms with Crippen LogP contribution >= 0.6 is 11.6 Å². The Morgan fingerprint density at radius 1 is 1.41 bits per heavy atom. The van der Waals surface area contributed by atoms with Gasteiger partial charge in [0.1, 0.15) is 0 Å². The molecule has 1 N–H and O–H groups in total. The molecule has 3 atom stereocenters. The van der Waals surface area contributed by atoms with Crippen LogP contribution < -0.4 is 5.32 Å². The Morgan fingerprint density at radius 2 is 2.12 bits per heavy atom. The fraction of sp³-hybridized carbons (Fsp3) is 0.571. The third kappa shape index (κ3) is 3.01. The fourth-order valence-corrected chi connectivity index (χ4v) is 2.88. The molecule has 0 radical (unpaired) electrons. The summed E-state index contributed by atoms with van der Waals surface area (Å²) in [5.41, 5.74) is 1.19. The van der Waals surface area contributed by atoms with Crippen molar-refractivity contribution >= 4 is 11.6 Å². The highest BCUT2D eigenvalue weighted by atomic mass is 35.5. The van der Waals surface area contributed by atoms with Gasteiger partial charge in [0.05, 0.1) is 0 Å². The van der Waals surface area contributed by atoms with E-state index in [-0.39, 0.29) is 0 Å². The Morgan fingerprint density at radius 3 is 2.71 bits per heavy atom. The second kappa shape index (κ2) is 5.38. The third-order valence-electron chi connectivity index (χ3n) is 3.74. The molecule has 2 rings (SSSR count). The predicted octanol–water partition coefficient (Wildman–Crippen LogP) is 3.08. The molecule has 1 aliphatic rings. The Balaban J connectivity index is 1.98. The molecule has 0 saturated carbocycles. The first-order valence-electron chi connectivity index (χ1n) is 6.28. The first-order chi connectivity index (χ1) is 8.08. The van der Waals surface area contributed by atoms with Crippen LogP contribution in [0.5, 0.6) is 0 Å². The number of hydrogen-bond acceptors (Lipinski definition) is 2. The third-order valence-corrected chi connectivity index (χ3v) is 4.09. The molecule has 0 amide bonds. The van der Waals surface area contributed by atoms with Crippen molar-refractivity contribution in [2.24, 2.45) is 0 Å². The predicted molar refractivity (Wildman–Crippen MR) is 73.5 cm³/mol. The number of nitrogens with zero attached hydrogens (tertiary/aromatic N) is 1. The SMILES string of the molecule is CC1CC(N[C@@H](C)c2ccccc2Cl)CN1C. The van der Waals surface area contributed by atoms with Crippen LogP contribution in [0.25, 0.3) is 0 Å². The van der Waals surface area contributed by atoms with Crippen molar-refractivity contribution < 1.29 is 0 Å². The summed E-state index contributed by atoms with van der Waals surface area (Å²) < 4.78 is 0. The number of benzene rings is 1. The smallest absolute Gasteiger partial charge is 0.0453 e. The summed E-state index contributed by atoms with van der Waals surface area (Å²) in [6, 6.07) is 9.63. The van der Waals surface area contributed by atoms with E-state index < -0.39 is 0 Å². The molecule has 0 aliphatic carbocycles. The van der Waals surface area contributed by atoms with Crippen molar-refractivity contribution in [2.45, 2.75) is 38.4 Å². The number of likely N-dealkylation sites (N-methyl/N-ethyl adjacent to an activating group) is 1. The van der Waals surface area contributed by atoms with Crippen molar-refractivity contribution in [3.05, 3.63) is 34.9 Å². The molecule has 3 heteroatoms. The van der Waals surface area contributed by atoms with Crippen molar-refractivity contribution in [2.75, 3.05) is 13.6 Å². The normalized spacial score (nSPS) is 27.3. The Labute approximate surface area is 109 Å². The Bertz CT molecular complexity index is 370. The summed E-state index contributed by atoms with van der Waals surface area (Å²) in [5, 5.41) is 4.52. The van der Waals surface area contributed by atoms with E-state index in [9.17, 15) is 0 Å². The lowest BCUT2D eigenvalue weighted by Crippen LogP contribution is -2.33. The lowest BCUT2D eigenvalue weighted by Gasteiger charge is -2.20. The van der Waals surface area contributed by atoms with Crippen molar-refractivity contribution in [1.82, 2.24) is 10.2 Å². The van der Waals surface area contributed by atoms with Crippen molar-refractivity contribution in [3.63, 3.8) is 0 Å². The number of rotatable bonds is 3. The summed E-state index contributed by atoms with van der Waals surface area (Å²) in [5.74, 6) is 0. The molecule has 1 heterocycles. The van der Waals surface area contributed by atoms with Crippen LogP contribution in [0.3, 0.4) is 0 Å². The van der Waals surface area contributed by atoms with Gasteiger partial charge in [0.25, 0.3) is 0 Å². The van der Waals surface area contributed by atoms with Crippen molar-refractivity contribution in [1.29, 1.82) is 0 Å². The molecule has 0 bridgehead atoms. The minimum atomic E-state index is 0.312. The van der Waals surface area contributed by atoms with Gasteiger partial charge in [-0.25, -0.2) is 0 Å². The highest BCUT2D eigenvalue weighted by molar-refractivity contribution is 6.31. The van der Waals surface area contributed by atoms with Crippen LogP contribution in [0.2, 0.25) is 5.02 Å². The van der Waals surface area contributed by atoms with Crippen LogP contribution in [0.15, 0.2) is 24.3 Å². The van der Waals surface area contributed by atoms with E-state index in [1.54, 1.807) is 0 Å². The molecule has 1 aliphatic heterocycles. The lowest BCUT2D eigenvalue weighted by molar-refractivity contribution is 0.325. The molecule has 1 saturated heterocycles. The second-order valence-electron chi connectivity index (χ2n) is 5.13. The van der Waals surface area contributed by atoms with Gasteiger partial charge in [-0.15, -0.1) is 0 Å². The van der Waals surface area contributed by atoms with Gasteiger partial charge in [0.2, 0.25) is 0 Å². The quantitative estimate of drug-likeness (QED) is 0.890. The minimum Gasteiger partial charge on any atom is -0.306 e.